The summed E-state index contributed by atoms with van der Waals surface area (Å²) < 4.78 is 0. The molecule has 0 aliphatic heterocycles. The number of hydrogen-bond donors (Lipinski definition) is 2. The van der Waals surface area contributed by atoms with Crippen LogP contribution in [0.2, 0.25) is 0 Å². The van der Waals surface area contributed by atoms with Gasteiger partial charge in [0.25, 0.3) is 0 Å². The normalized spacial score (nSPS) is 42.4. The average Bonchev–Trinajstić information content (AvgIpc) is 2.81. The Balaban J connectivity index is 1.21. The van der Waals surface area contributed by atoms with Crippen LogP contribution in [0.5, 0.6) is 0 Å². The van der Waals surface area contributed by atoms with Gasteiger partial charge in [-0.15, -0.1) is 0 Å². The highest BCUT2D eigenvalue weighted by atomic mass is 16.5. The SMILES string of the molecule is CC1(CC(=O)N(O)[C@@H]2CCCC[C@H]2N(O)C(=O)CC2(C)CC3CCCC(C3)C2)CC2CCCC(C2)C1. The number of hydrogen-bond acceptors (Lipinski definition) is 4. The largest absolute Gasteiger partial charge is 0.286 e. The lowest BCUT2D eigenvalue weighted by Crippen LogP contribution is -2.55. The lowest BCUT2D eigenvalue weighted by Gasteiger charge is -2.47. The minimum atomic E-state index is -0.523. The van der Waals surface area contributed by atoms with E-state index in [9.17, 15) is 20.0 Å². The van der Waals surface area contributed by atoms with Crippen molar-refractivity contribution in [3.8, 4) is 0 Å². The molecule has 0 heterocycles. The van der Waals surface area contributed by atoms with Crippen LogP contribution < -0.4 is 0 Å². The van der Waals surface area contributed by atoms with Crippen LogP contribution in [-0.2, 0) is 9.59 Å². The molecule has 0 radical (unpaired) electrons. The molecule has 36 heavy (non-hydrogen) atoms. The molecule has 2 N–H and O–H groups in total. The van der Waals surface area contributed by atoms with Gasteiger partial charge in [-0.05, 0) is 85.9 Å². The summed E-state index contributed by atoms with van der Waals surface area (Å²) >= 11 is 0. The van der Waals surface area contributed by atoms with Gasteiger partial charge in [-0.25, -0.2) is 10.1 Å². The zero-order valence-corrected chi connectivity index (χ0v) is 22.8. The van der Waals surface area contributed by atoms with E-state index in [1.807, 2.05) is 0 Å². The van der Waals surface area contributed by atoms with Crippen LogP contribution in [0.1, 0.15) is 129 Å². The van der Waals surface area contributed by atoms with Gasteiger partial charge < -0.3 is 0 Å². The van der Waals surface area contributed by atoms with E-state index in [0.29, 0.717) is 25.7 Å². The Kier molecular flexibility index (Phi) is 7.76. The lowest BCUT2D eigenvalue weighted by molar-refractivity contribution is -0.216. The smallest absolute Gasteiger partial charge is 0.246 e. The predicted molar refractivity (Wildman–Crippen MR) is 138 cm³/mol. The first-order valence-corrected chi connectivity index (χ1v) is 15.1. The van der Waals surface area contributed by atoms with E-state index < -0.39 is 12.1 Å². The summed E-state index contributed by atoms with van der Waals surface area (Å²) in [6, 6.07) is -1.05. The molecule has 5 fully saturated rings. The van der Waals surface area contributed by atoms with E-state index in [1.54, 1.807) is 0 Å². The molecular weight excluding hydrogens is 452 g/mol. The van der Waals surface area contributed by atoms with E-state index in [2.05, 4.69) is 13.8 Å². The molecule has 0 spiro atoms. The third-order valence-electron chi connectivity index (χ3n) is 10.9. The Morgan fingerprint density at radius 1 is 0.611 bits per heavy atom. The molecule has 0 saturated heterocycles. The Labute approximate surface area is 218 Å². The van der Waals surface area contributed by atoms with Crippen molar-refractivity contribution >= 4 is 11.8 Å². The maximum atomic E-state index is 13.3. The number of carbonyl (C=O) groups excluding carboxylic acids is 2. The molecule has 6 atom stereocenters. The fourth-order valence-corrected chi connectivity index (χ4v) is 9.71. The quantitative estimate of drug-likeness (QED) is 0.312. The van der Waals surface area contributed by atoms with Gasteiger partial charge in [0, 0.05) is 12.8 Å². The Hall–Kier alpha value is -1.14. The van der Waals surface area contributed by atoms with Crippen molar-refractivity contribution in [3.05, 3.63) is 0 Å². The zero-order valence-electron chi connectivity index (χ0n) is 22.8. The lowest BCUT2D eigenvalue weighted by atomic mass is 9.60. The summed E-state index contributed by atoms with van der Waals surface area (Å²) in [7, 11) is 0. The van der Waals surface area contributed by atoms with Crippen molar-refractivity contribution in [2.45, 2.75) is 142 Å². The van der Waals surface area contributed by atoms with Crippen LogP contribution in [0.3, 0.4) is 0 Å². The molecule has 0 aromatic heterocycles. The molecule has 5 aliphatic carbocycles. The van der Waals surface area contributed by atoms with Crippen LogP contribution in [0.15, 0.2) is 0 Å². The topological polar surface area (TPSA) is 81.1 Å². The summed E-state index contributed by atoms with van der Waals surface area (Å²) in [5, 5.41) is 24.1. The summed E-state index contributed by atoms with van der Waals surface area (Å²) in [5.74, 6) is 2.41. The first-order valence-electron chi connectivity index (χ1n) is 15.1. The second-order valence-electron chi connectivity index (χ2n) is 14.5. The highest BCUT2D eigenvalue weighted by Gasteiger charge is 2.45. The van der Waals surface area contributed by atoms with Crippen molar-refractivity contribution in [3.63, 3.8) is 0 Å². The standard InChI is InChI=1S/C30H50N2O4/c1-29(15-21-7-5-8-22(13-21)16-29)19-27(33)31(35)25-11-3-4-12-26(25)32(36)28(34)20-30(2)17-23-9-6-10-24(14-23)18-30/h21-26,35-36H,3-20H2,1-2H3/t21?,22?,23?,24?,25-,26-,29?,30?/m1/s1. The predicted octanol–water partition coefficient (Wildman–Crippen LogP) is 6.73. The van der Waals surface area contributed by atoms with E-state index in [0.717, 1.165) is 72.3 Å². The molecule has 5 aliphatic rings. The van der Waals surface area contributed by atoms with Gasteiger partial charge in [0.15, 0.2) is 0 Å². The monoisotopic (exact) mass is 502 g/mol. The van der Waals surface area contributed by atoms with Gasteiger partial charge in [-0.3, -0.25) is 20.0 Å². The maximum Gasteiger partial charge on any atom is 0.246 e. The van der Waals surface area contributed by atoms with Gasteiger partial charge in [0.2, 0.25) is 11.8 Å². The van der Waals surface area contributed by atoms with Crippen molar-refractivity contribution in [1.29, 1.82) is 0 Å². The second kappa shape index (κ2) is 10.6. The molecule has 5 rings (SSSR count). The first kappa shape index (κ1) is 26.5. The van der Waals surface area contributed by atoms with E-state index >= 15 is 0 Å². The third-order valence-corrected chi connectivity index (χ3v) is 10.9. The zero-order chi connectivity index (χ0) is 25.5. The number of rotatable bonds is 6. The number of nitrogens with zero attached hydrogens (tertiary/aromatic N) is 2. The van der Waals surface area contributed by atoms with E-state index in [-0.39, 0.29) is 22.6 Å². The summed E-state index contributed by atoms with van der Waals surface area (Å²) in [4.78, 5) is 26.7. The Morgan fingerprint density at radius 3 is 1.28 bits per heavy atom. The van der Waals surface area contributed by atoms with Gasteiger partial charge in [-0.2, -0.15) is 0 Å². The van der Waals surface area contributed by atoms with Crippen LogP contribution in [-0.4, -0.2) is 44.4 Å². The molecule has 6 nitrogen and oxygen atoms in total. The molecule has 6 heteroatoms. The fraction of sp³-hybridized carbons (Fsp3) is 0.933. The molecular formula is C30H50N2O4. The molecule has 4 unspecified atom stereocenters. The first-order chi connectivity index (χ1) is 17.1. The van der Waals surface area contributed by atoms with E-state index in [1.165, 1.54) is 51.4 Å². The Morgan fingerprint density at radius 2 is 0.944 bits per heavy atom. The highest BCUT2D eigenvalue weighted by Crippen LogP contribution is 2.51. The molecule has 4 bridgehead atoms. The van der Waals surface area contributed by atoms with Crippen molar-refractivity contribution in [2.75, 3.05) is 0 Å². The van der Waals surface area contributed by atoms with E-state index in [4.69, 9.17) is 0 Å². The molecule has 2 amide bonds. The number of amides is 2. The van der Waals surface area contributed by atoms with Crippen LogP contribution in [0.25, 0.3) is 0 Å². The molecule has 0 aromatic carbocycles. The number of hydroxylamine groups is 4. The molecule has 0 aromatic rings. The number of carbonyl (C=O) groups is 2. The molecule has 204 valence electrons. The highest BCUT2D eigenvalue weighted by molar-refractivity contribution is 5.77. The van der Waals surface area contributed by atoms with Crippen molar-refractivity contribution < 1.29 is 20.0 Å². The van der Waals surface area contributed by atoms with Gasteiger partial charge in [0.05, 0.1) is 12.1 Å². The summed E-state index contributed by atoms with van der Waals surface area (Å²) in [6.07, 6.45) is 18.4. The van der Waals surface area contributed by atoms with Crippen molar-refractivity contribution in [1.82, 2.24) is 10.1 Å². The average molecular weight is 503 g/mol. The van der Waals surface area contributed by atoms with Gasteiger partial charge >= 0.3 is 0 Å². The summed E-state index contributed by atoms with van der Waals surface area (Å²) in [5.41, 5.74) is -0.114. The minimum absolute atomic E-state index is 0.0570. The van der Waals surface area contributed by atoms with Gasteiger partial charge in [0.1, 0.15) is 0 Å². The Bertz CT molecular complexity index is 725. The third kappa shape index (κ3) is 5.80. The summed E-state index contributed by atoms with van der Waals surface area (Å²) in [6.45, 7) is 4.45. The van der Waals surface area contributed by atoms with Gasteiger partial charge in [-0.1, -0.05) is 65.2 Å². The van der Waals surface area contributed by atoms with Crippen LogP contribution in [0, 0.1) is 34.5 Å². The van der Waals surface area contributed by atoms with Crippen LogP contribution in [0.4, 0.5) is 0 Å². The van der Waals surface area contributed by atoms with Crippen LogP contribution >= 0.6 is 0 Å². The minimum Gasteiger partial charge on any atom is -0.286 e. The number of fused-ring (bicyclic) bond motifs is 4. The maximum absolute atomic E-state index is 13.3. The van der Waals surface area contributed by atoms with Crippen molar-refractivity contribution in [2.24, 2.45) is 34.5 Å². The second-order valence-corrected chi connectivity index (χ2v) is 14.5. The molecule has 5 saturated carbocycles. The fourth-order valence-electron chi connectivity index (χ4n) is 9.71.